The van der Waals surface area contributed by atoms with Crippen molar-refractivity contribution in [2.24, 2.45) is 11.8 Å². The van der Waals surface area contributed by atoms with Crippen LogP contribution in [0.5, 0.6) is 0 Å². The average Bonchev–Trinajstić information content (AvgIpc) is 2.85. The van der Waals surface area contributed by atoms with Crippen molar-refractivity contribution in [3.8, 4) is 0 Å². The van der Waals surface area contributed by atoms with E-state index < -0.39 is 0 Å². The van der Waals surface area contributed by atoms with Gasteiger partial charge in [0.05, 0.1) is 13.2 Å². The van der Waals surface area contributed by atoms with E-state index in [1.165, 1.54) is 154 Å². The minimum Gasteiger partial charge on any atom is -0.373 e. The second-order valence-corrected chi connectivity index (χ2v) is 12.2. The normalized spacial score (nSPS) is 29.8. The minimum atomic E-state index is 0.705. The van der Waals surface area contributed by atoms with E-state index >= 15 is 0 Å². The largest absolute Gasteiger partial charge is 0.373 e. The lowest BCUT2D eigenvalue weighted by atomic mass is 9.97. The van der Waals surface area contributed by atoms with Gasteiger partial charge in [-0.05, 0) is 61.5 Å². The Hall–Kier alpha value is -0.560. The Labute approximate surface area is 221 Å². The monoisotopic (exact) mass is 486 g/mol. The summed E-state index contributed by atoms with van der Waals surface area (Å²) in [6.45, 7) is 6.58. The summed E-state index contributed by atoms with van der Waals surface area (Å²) in [5.74, 6) is 1.41. The second-order valence-electron chi connectivity index (χ2n) is 12.2. The number of ether oxygens (including phenoxy) is 1. The summed E-state index contributed by atoms with van der Waals surface area (Å²) in [5, 5.41) is 0. The summed E-state index contributed by atoms with van der Waals surface area (Å²) in [6.07, 6.45) is 38.9. The molecule has 0 saturated carbocycles. The SMILES string of the molecule is CC1/C=C(/COC/C2=C/C(C)CCCCCCCCCCCC2)CCCCCCCCCCCC1. The smallest absolute Gasteiger partial charge is 0.0681 e. The van der Waals surface area contributed by atoms with Crippen molar-refractivity contribution in [2.75, 3.05) is 13.2 Å². The summed E-state index contributed by atoms with van der Waals surface area (Å²) >= 11 is 0. The predicted molar refractivity (Wildman–Crippen MR) is 156 cm³/mol. The van der Waals surface area contributed by atoms with Crippen LogP contribution in [0.1, 0.15) is 168 Å². The third-order valence-electron chi connectivity index (χ3n) is 8.43. The predicted octanol–water partition coefficient (Wildman–Crippen LogP) is 11.5. The van der Waals surface area contributed by atoms with Gasteiger partial charge in [0.15, 0.2) is 0 Å². The first-order valence-electron chi connectivity index (χ1n) is 16.2. The molecule has 2 aliphatic rings. The fourth-order valence-electron chi connectivity index (χ4n) is 6.16. The van der Waals surface area contributed by atoms with Crippen LogP contribution in [0.25, 0.3) is 0 Å². The molecule has 2 rings (SSSR count). The van der Waals surface area contributed by atoms with Gasteiger partial charge < -0.3 is 4.74 Å². The zero-order valence-electron chi connectivity index (χ0n) is 24.1. The van der Waals surface area contributed by atoms with Gasteiger partial charge in [0.1, 0.15) is 0 Å². The molecule has 2 aliphatic carbocycles. The van der Waals surface area contributed by atoms with Crippen LogP contribution in [0.3, 0.4) is 0 Å². The third-order valence-corrected chi connectivity index (χ3v) is 8.43. The summed E-state index contributed by atoms with van der Waals surface area (Å²) < 4.78 is 6.45. The van der Waals surface area contributed by atoms with E-state index in [1.807, 2.05) is 0 Å². The molecule has 1 heteroatoms. The maximum absolute atomic E-state index is 6.45. The van der Waals surface area contributed by atoms with Gasteiger partial charge >= 0.3 is 0 Å². The van der Waals surface area contributed by atoms with Crippen molar-refractivity contribution in [3.05, 3.63) is 23.3 Å². The van der Waals surface area contributed by atoms with Crippen LogP contribution in [-0.4, -0.2) is 13.2 Å². The molecule has 0 heterocycles. The molecule has 0 aromatic rings. The summed E-state index contributed by atoms with van der Waals surface area (Å²) in [6, 6.07) is 0. The highest BCUT2D eigenvalue weighted by Gasteiger charge is 2.08. The van der Waals surface area contributed by atoms with Gasteiger partial charge in [0.2, 0.25) is 0 Å². The molecular weight excluding hydrogens is 424 g/mol. The molecule has 35 heavy (non-hydrogen) atoms. The topological polar surface area (TPSA) is 9.23 Å². The van der Waals surface area contributed by atoms with Crippen molar-refractivity contribution in [2.45, 2.75) is 168 Å². The Bertz CT molecular complexity index is 497. The molecule has 0 fully saturated rings. The van der Waals surface area contributed by atoms with Crippen LogP contribution in [0.4, 0.5) is 0 Å². The van der Waals surface area contributed by atoms with Crippen LogP contribution in [0.15, 0.2) is 23.3 Å². The Morgan fingerprint density at radius 1 is 0.457 bits per heavy atom. The fourth-order valence-corrected chi connectivity index (χ4v) is 6.16. The average molecular weight is 487 g/mol. The molecular formula is C34H62O. The number of rotatable bonds is 4. The van der Waals surface area contributed by atoms with Crippen LogP contribution >= 0.6 is 0 Å². The lowest BCUT2D eigenvalue weighted by molar-refractivity contribution is 0.173. The highest BCUT2D eigenvalue weighted by atomic mass is 16.5. The highest BCUT2D eigenvalue weighted by molar-refractivity contribution is 5.07. The zero-order valence-corrected chi connectivity index (χ0v) is 24.1. The fraction of sp³-hybridized carbons (Fsp3) is 0.882. The molecule has 2 atom stereocenters. The molecule has 0 saturated heterocycles. The van der Waals surface area contributed by atoms with Crippen LogP contribution in [-0.2, 0) is 4.74 Å². The van der Waals surface area contributed by atoms with Crippen molar-refractivity contribution in [3.63, 3.8) is 0 Å². The first-order valence-corrected chi connectivity index (χ1v) is 16.2. The summed E-state index contributed by atoms with van der Waals surface area (Å²) in [7, 11) is 0. The minimum absolute atomic E-state index is 0.705. The van der Waals surface area contributed by atoms with Crippen molar-refractivity contribution in [1.82, 2.24) is 0 Å². The number of hydrogen-bond acceptors (Lipinski definition) is 1. The van der Waals surface area contributed by atoms with Gasteiger partial charge in [-0.2, -0.15) is 0 Å². The van der Waals surface area contributed by atoms with Gasteiger partial charge in [0.25, 0.3) is 0 Å². The molecule has 0 N–H and O–H groups in total. The van der Waals surface area contributed by atoms with Crippen LogP contribution < -0.4 is 0 Å². The molecule has 0 amide bonds. The first kappa shape index (κ1) is 30.7. The lowest BCUT2D eigenvalue weighted by Gasteiger charge is -2.15. The van der Waals surface area contributed by atoms with Crippen molar-refractivity contribution < 1.29 is 4.74 Å². The van der Waals surface area contributed by atoms with Gasteiger partial charge in [-0.25, -0.2) is 0 Å². The molecule has 0 radical (unpaired) electrons. The van der Waals surface area contributed by atoms with E-state index in [-0.39, 0.29) is 0 Å². The molecule has 0 aliphatic heterocycles. The first-order chi connectivity index (χ1) is 17.2. The van der Waals surface area contributed by atoms with Crippen molar-refractivity contribution >= 4 is 0 Å². The van der Waals surface area contributed by atoms with Gasteiger partial charge in [0, 0.05) is 0 Å². The van der Waals surface area contributed by atoms with Gasteiger partial charge in [-0.1, -0.05) is 142 Å². The molecule has 1 nitrogen and oxygen atoms in total. The number of hydrogen-bond donors (Lipinski definition) is 0. The molecule has 0 aromatic heterocycles. The van der Waals surface area contributed by atoms with Crippen LogP contribution in [0.2, 0.25) is 0 Å². The molecule has 0 spiro atoms. The van der Waals surface area contributed by atoms with Crippen LogP contribution in [0, 0.1) is 11.8 Å². The Morgan fingerprint density at radius 3 is 1.09 bits per heavy atom. The Balaban J connectivity index is 1.86. The highest BCUT2D eigenvalue weighted by Crippen LogP contribution is 2.22. The molecule has 0 aromatic carbocycles. The van der Waals surface area contributed by atoms with E-state index in [2.05, 4.69) is 26.0 Å². The van der Waals surface area contributed by atoms with E-state index in [4.69, 9.17) is 4.74 Å². The maximum Gasteiger partial charge on any atom is 0.0681 e. The molecule has 0 bridgehead atoms. The Morgan fingerprint density at radius 2 is 0.743 bits per heavy atom. The van der Waals surface area contributed by atoms with E-state index in [0.29, 0.717) is 11.8 Å². The van der Waals surface area contributed by atoms with Crippen molar-refractivity contribution in [1.29, 1.82) is 0 Å². The quantitative estimate of drug-likeness (QED) is 0.359. The van der Waals surface area contributed by atoms with E-state index in [1.54, 1.807) is 11.1 Å². The third kappa shape index (κ3) is 17.5. The van der Waals surface area contributed by atoms with Gasteiger partial charge in [-0.15, -0.1) is 0 Å². The molecule has 2 unspecified atom stereocenters. The maximum atomic E-state index is 6.45. The summed E-state index contributed by atoms with van der Waals surface area (Å²) in [4.78, 5) is 0. The van der Waals surface area contributed by atoms with E-state index in [9.17, 15) is 0 Å². The Kier molecular flexibility index (Phi) is 18.9. The molecule has 204 valence electrons. The number of allylic oxidation sites excluding steroid dienone is 2. The zero-order chi connectivity index (χ0) is 24.8. The van der Waals surface area contributed by atoms with E-state index in [0.717, 1.165) is 13.2 Å². The summed E-state index contributed by atoms with van der Waals surface area (Å²) in [5.41, 5.74) is 3.16. The second kappa shape index (κ2) is 21.5. The van der Waals surface area contributed by atoms with Gasteiger partial charge in [-0.3, -0.25) is 0 Å². The lowest BCUT2D eigenvalue weighted by Crippen LogP contribution is -2.06. The standard InChI is InChI=1S/C34H62O/c1-31-23-19-15-11-7-3-5-9-13-17-21-25-33(27-31)29-35-30-34-26-22-18-14-10-6-4-8-12-16-20-24-32(2)28-34/h27-28,31-32H,3-26,29-30H2,1-2H3/b33-27+,34-28+.